The van der Waals surface area contributed by atoms with Crippen LogP contribution in [0.15, 0.2) is 6.20 Å². The van der Waals surface area contributed by atoms with E-state index in [1.165, 1.54) is 0 Å². The first kappa shape index (κ1) is 8.97. The summed E-state index contributed by atoms with van der Waals surface area (Å²) in [6.45, 7) is 8.04. The van der Waals surface area contributed by atoms with Gasteiger partial charge in [-0.1, -0.05) is 0 Å². The van der Waals surface area contributed by atoms with Crippen LogP contribution in [-0.4, -0.2) is 16.1 Å². The maximum Gasteiger partial charge on any atom is 0.170 e. The molecule has 0 fully saturated rings. The van der Waals surface area contributed by atoms with Crippen LogP contribution in [0.25, 0.3) is 0 Å². The smallest absolute Gasteiger partial charge is 0.170 e. The monoisotopic (exact) mass is 166 g/mol. The molecule has 1 rings (SSSR count). The van der Waals surface area contributed by atoms with Crippen LogP contribution in [0.5, 0.6) is 0 Å². The minimum atomic E-state index is -0.0496. The molecule has 3 heteroatoms. The number of aldehydes is 1. The van der Waals surface area contributed by atoms with Crippen LogP contribution in [0.1, 0.15) is 36.8 Å². The first-order chi connectivity index (χ1) is 5.45. The first-order valence-electron chi connectivity index (χ1n) is 3.97. The number of carbonyl (C=O) groups excluding carboxylic acids is 1. The van der Waals surface area contributed by atoms with Crippen molar-refractivity contribution < 1.29 is 4.79 Å². The van der Waals surface area contributed by atoms with E-state index in [1.807, 2.05) is 38.6 Å². The predicted octanol–water partition coefficient (Wildman–Crippen LogP) is 1.76. The molecule has 12 heavy (non-hydrogen) atoms. The largest absolute Gasteiger partial charge is 0.296 e. The highest BCUT2D eigenvalue weighted by molar-refractivity contribution is 5.73. The van der Waals surface area contributed by atoms with Crippen molar-refractivity contribution in [1.82, 2.24) is 9.78 Å². The van der Waals surface area contributed by atoms with Gasteiger partial charge in [-0.25, -0.2) is 0 Å². The van der Waals surface area contributed by atoms with Gasteiger partial charge in [-0.15, -0.1) is 0 Å². The second kappa shape index (κ2) is 2.73. The summed E-state index contributed by atoms with van der Waals surface area (Å²) >= 11 is 0. The molecule has 0 radical (unpaired) electrons. The van der Waals surface area contributed by atoms with Crippen LogP contribution in [-0.2, 0) is 5.54 Å². The summed E-state index contributed by atoms with van der Waals surface area (Å²) in [5.74, 6) is 0. The second-order valence-corrected chi connectivity index (χ2v) is 3.93. The second-order valence-electron chi connectivity index (χ2n) is 3.93. The standard InChI is InChI=1S/C9H14N2O/c1-7-5-11(9(2,3)4)10-8(7)6-12/h5-6H,1-4H3. The molecular formula is C9H14N2O. The topological polar surface area (TPSA) is 34.9 Å². The van der Waals surface area contributed by atoms with E-state index < -0.39 is 0 Å². The van der Waals surface area contributed by atoms with E-state index in [4.69, 9.17) is 0 Å². The lowest BCUT2D eigenvalue weighted by molar-refractivity contribution is 0.111. The summed E-state index contributed by atoms with van der Waals surface area (Å²) in [6.07, 6.45) is 2.68. The van der Waals surface area contributed by atoms with E-state index >= 15 is 0 Å². The van der Waals surface area contributed by atoms with E-state index in [0.717, 1.165) is 11.8 Å². The van der Waals surface area contributed by atoms with Crippen LogP contribution in [0.2, 0.25) is 0 Å². The lowest BCUT2D eigenvalue weighted by atomic mass is 10.1. The molecule has 0 amide bonds. The molecule has 0 aliphatic heterocycles. The zero-order valence-corrected chi connectivity index (χ0v) is 7.96. The number of rotatable bonds is 1. The molecule has 0 aliphatic rings. The van der Waals surface area contributed by atoms with E-state index in [2.05, 4.69) is 5.10 Å². The van der Waals surface area contributed by atoms with Crippen molar-refractivity contribution in [3.63, 3.8) is 0 Å². The van der Waals surface area contributed by atoms with Gasteiger partial charge in [-0.2, -0.15) is 5.10 Å². The Kier molecular flexibility index (Phi) is 2.04. The summed E-state index contributed by atoms with van der Waals surface area (Å²) in [6, 6.07) is 0. The number of carbonyl (C=O) groups is 1. The molecule has 0 saturated carbocycles. The minimum Gasteiger partial charge on any atom is -0.296 e. The third kappa shape index (κ3) is 1.55. The minimum absolute atomic E-state index is 0.0496. The molecule has 0 N–H and O–H groups in total. The fourth-order valence-corrected chi connectivity index (χ4v) is 0.934. The third-order valence-corrected chi connectivity index (χ3v) is 1.73. The first-order valence-corrected chi connectivity index (χ1v) is 3.97. The molecule has 3 nitrogen and oxygen atoms in total. The predicted molar refractivity (Wildman–Crippen MR) is 47.3 cm³/mol. The van der Waals surface area contributed by atoms with Crippen molar-refractivity contribution in [2.45, 2.75) is 33.2 Å². The van der Waals surface area contributed by atoms with Crippen molar-refractivity contribution in [2.24, 2.45) is 0 Å². The van der Waals surface area contributed by atoms with Gasteiger partial charge < -0.3 is 0 Å². The zero-order valence-electron chi connectivity index (χ0n) is 7.96. The Morgan fingerprint density at radius 2 is 2.08 bits per heavy atom. The SMILES string of the molecule is Cc1cn(C(C)(C)C)nc1C=O. The van der Waals surface area contributed by atoms with Gasteiger partial charge >= 0.3 is 0 Å². The third-order valence-electron chi connectivity index (χ3n) is 1.73. The zero-order chi connectivity index (χ0) is 9.35. The van der Waals surface area contributed by atoms with E-state index in [9.17, 15) is 4.79 Å². The molecule has 0 saturated heterocycles. The van der Waals surface area contributed by atoms with Crippen LogP contribution in [0, 0.1) is 6.92 Å². The number of nitrogens with zero attached hydrogens (tertiary/aromatic N) is 2. The van der Waals surface area contributed by atoms with Crippen molar-refractivity contribution in [3.05, 3.63) is 17.5 Å². The highest BCUT2D eigenvalue weighted by Crippen LogP contribution is 2.14. The van der Waals surface area contributed by atoms with Crippen molar-refractivity contribution in [2.75, 3.05) is 0 Å². The lowest BCUT2D eigenvalue weighted by Crippen LogP contribution is -2.22. The van der Waals surface area contributed by atoms with E-state index in [-0.39, 0.29) is 5.54 Å². The van der Waals surface area contributed by atoms with Crippen molar-refractivity contribution in [3.8, 4) is 0 Å². The summed E-state index contributed by atoms with van der Waals surface area (Å²) in [5.41, 5.74) is 1.41. The highest BCUT2D eigenvalue weighted by atomic mass is 16.1. The normalized spacial score (nSPS) is 11.7. The Bertz CT molecular complexity index is 294. The maximum atomic E-state index is 10.5. The van der Waals surface area contributed by atoms with Gasteiger partial charge in [0.25, 0.3) is 0 Å². The number of aromatic nitrogens is 2. The molecule has 66 valence electrons. The van der Waals surface area contributed by atoms with E-state index in [1.54, 1.807) is 0 Å². The van der Waals surface area contributed by atoms with Gasteiger partial charge in [0.2, 0.25) is 0 Å². The highest BCUT2D eigenvalue weighted by Gasteiger charge is 2.15. The van der Waals surface area contributed by atoms with Gasteiger partial charge in [0.1, 0.15) is 5.69 Å². The van der Waals surface area contributed by atoms with Gasteiger partial charge in [0, 0.05) is 6.20 Å². The quantitative estimate of drug-likeness (QED) is 0.596. The molecule has 1 aromatic heterocycles. The molecule has 1 aromatic rings. The summed E-state index contributed by atoms with van der Waals surface area (Å²) in [4.78, 5) is 10.5. The van der Waals surface area contributed by atoms with Gasteiger partial charge in [-0.05, 0) is 33.3 Å². The number of aryl methyl sites for hydroxylation is 1. The summed E-state index contributed by atoms with van der Waals surface area (Å²) in [7, 11) is 0. The van der Waals surface area contributed by atoms with Crippen LogP contribution < -0.4 is 0 Å². The van der Waals surface area contributed by atoms with Gasteiger partial charge in [0.05, 0.1) is 5.54 Å². The van der Waals surface area contributed by atoms with Gasteiger partial charge in [0.15, 0.2) is 6.29 Å². The van der Waals surface area contributed by atoms with Crippen molar-refractivity contribution in [1.29, 1.82) is 0 Å². The molecule has 0 atom stereocenters. The number of hydrogen-bond donors (Lipinski definition) is 0. The molecule has 0 bridgehead atoms. The molecule has 0 aliphatic carbocycles. The van der Waals surface area contributed by atoms with Gasteiger partial charge in [-0.3, -0.25) is 9.48 Å². The van der Waals surface area contributed by atoms with E-state index in [0.29, 0.717) is 5.69 Å². The van der Waals surface area contributed by atoms with Crippen LogP contribution in [0.4, 0.5) is 0 Å². The Balaban J connectivity index is 3.13. The fraction of sp³-hybridized carbons (Fsp3) is 0.556. The average molecular weight is 166 g/mol. The fourth-order valence-electron chi connectivity index (χ4n) is 0.934. The molecule has 0 aromatic carbocycles. The average Bonchev–Trinajstić information content (AvgIpc) is 2.29. The lowest BCUT2D eigenvalue weighted by Gasteiger charge is -2.18. The number of hydrogen-bond acceptors (Lipinski definition) is 2. The Morgan fingerprint density at radius 1 is 1.50 bits per heavy atom. The van der Waals surface area contributed by atoms with Crippen LogP contribution >= 0.6 is 0 Å². The van der Waals surface area contributed by atoms with Crippen LogP contribution in [0.3, 0.4) is 0 Å². The Morgan fingerprint density at radius 3 is 2.33 bits per heavy atom. The Labute approximate surface area is 72.4 Å². The summed E-state index contributed by atoms with van der Waals surface area (Å²) < 4.78 is 1.81. The Hall–Kier alpha value is -1.12. The maximum absolute atomic E-state index is 10.5. The summed E-state index contributed by atoms with van der Waals surface area (Å²) in [5, 5.41) is 4.15. The molecule has 0 unspecified atom stereocenters. The molecular weight excluding hydrogens is 152 g/mol. The van der Waals surface area contributed by atoms with Crippen molar-refractivity contribution >= 4 is 6.29 Å². The molecule has 1 heterocycles. The molecule has 0 spiro atoms.